The quantitative estimate of drug-likeness (QED) is 0.343. The number of aryl methyl sites for hydroxylation is 1. The average Bonchev–Trinajstić information content (AvgIpc) is 3.59. The first-order valence-electron chi connectivity index (χ1n) is 12.4. The summed E-state index contributed by atoms with van der Waals surface area (Å²) in [6, 6.07) is 17.8. The Bertz CT molecular complexity index is 1900. The van der Waals surface area contributed by atoms with Gasteiger partial charge in [-0.15, -0.1) is 0 Å². The largest absolute Gasteiger partial charge is 0.342 e. The number of rotatable bonds is 6. The van der Waals surface area contributed by atoms with E-state index in [1.54, 1.807) is 53.7 Å². The van der Waals surface area contributed by atoms with E-state index in [2.05, 4.69) is 25.6 Å². The number of carbonyl (C=O) groups is 1. The van der Waals surface area contributed by atoms with Crippen molar-refractivity contribution in [3.63, 3.8) is 0 Å². The number of hydrogen-bond donors (Lipinski definition) is 2. The first-order valence-corrected chi connectivity index (χ1v) is 12.4. The zero-order chi connectivity index (χ0) is 26.9. The lowest BCUT2D eigenvalue weighted by Crippen LogP contribution is -2.33. The van der Waals surface area contributed by atoms with Gasteiger partial charge in [0.2, 0.25) is 0 Å². The number of aromatic amines is 1. The van der Waals surface area contributed by atoms with Crippen LogP contribution in [-0.2, 0) is 0 Å². The van der Waals surface area contributed by atoms with Crippen molar-refractivity contribution < 1.29 is 4.79 Å². The Labute approximate surface area is 222 Å². The highest BCUT2D eigenvalue weighted by Gasteiger charge is 2.24. The lowest BCUT2D eigenvalue weighted by molar-refractivity contribution is 0.0938. The molecule has 2 aromatic carbocycles. The highest BCUT2D eigenvalue weighted by Crippen LogP contribution is 2.22. The first kappa shape index (κ1) is 24.0. The summed E-state index contributed by atoms with van der Waals surface area (Å²) in [7, 11) is 0. The second-order valence-corrected chi connectivity index (χ2v) is 9.08. The van der Waals surface area contributed by atoms with Crippen molar-refractivity contribution in [2.24, 2.45) is 0 Å². The maximum Gasteiger partial charge on any atom is 0.266 e. The summed E-state index contributed by atoms with van der Waals surface area (Å²) in [5.74, 6) is 0.0581. The van der Waals surface area contributed by atoms with Gasteiger partial charge in [0, 0.05) is 18.6 Å². The topological polar surface area (TPSA) is 123 Å². The highest BCUT2D eigenvalue weighted by atomic mass is 16.2. The van der Waals surface area contributed by atoms with Crippen LogP contribution in [0.1, 0.15) is 46.1 Å². The molecule has 39 heavy (non-hydrogen) atoms. The van der Waals surface area contributed by atoms with Gasteiger partial charge >= 0.3 is 0 Å². The predicted molar refractivity (Wildman–Crippen MR) is 148 cm³/mol. The Morgan fingerprint density at radius 3 is 2.67 bits per heavy atom. The van der Waals surface area contributed by atoms with Gasteiger partial charge in [-0.1, -0.05) is 36.4 Å². The number of carbonyl (C=O) groups excluding carboxylic acids is 1. The summed E-state index contributed by atoms with van der Waals surface area (Å²) in [5, 5.41) is 14.7. The van der Waals surface area contributed by atoms with E-state index >= 15 is 0 Å². The number of para-hydroxylation sites is 1. The van der Waals surface area contributed by atoms with Crippen LogP contribution in [0.3, 0.4) is 0 Å². The zero-order valence-electron chi connectivity index (χ0n) is 21.2. The zero-order valence-corrected chi connectivity index (χ0v) is 21.2. The number of nitrogens with zero attached hydrogens (tertiary/aromatic N) is 6. The van der Waals surface area contributed by atoms with Gasteiger partial charge in [0.25, 0.3) is 11.5 Å². The normalized spacial score (nSPS) is 12.4. The summed E-state index contributed by atoms with van der Waals surface area (Å²) in [6.45, 7) is 3.57. The highest BCUT2D eigenvalue weighted by molar-refractivity contribution is 6.01. The fourth-order valence-corrected chi connectivity index (χ4v) is 4.66. The van der Waals surface area contributed by atoms with E-state index in [1.165, 1.54) is 0 Å². The molecule has 0 aliphatic carbocycles. The van der Waals surface area contributed by atoms with Gasteiger partial charge in [-0.3, -0.25) is 19.3 Å². The standard InChI is InChI=1S/C29H24N8O2/c1-18-24(27-30-15-7-17-36(27)35-18)28(38)32-19(2)26-33-23-11-6-8-20(12-13-21-14-16-31-34-21)25(23)29(39)37(26)22-9-4-3-5-10-22/h3-17,19H,1-2H3,(H,31,34)(H,32,38)/b13-12+/t19-/m1/s1. The van der Waals surface area contributed by atoms with Crippen LogP contribution >= 0.6 is 0 Å². The van der Waals surface area contributed by atoms with Crippen molar-refractivity contribution in [2.45, 2.75) is 19.9 Å². The van der Waals surface area contributed by atoms with E-state index in [1.807, 2.05) is 60.7 Å². The van der Waals surface area contributed by atoms with Crippen LogP contribution in [0.5, 0.6) is 0 Å². The van der Waals surface area contributed by atoms with Gasteiger partial charge in [0.05, 0.1) is 34.0 Å². The van der Waals surface area contributed by atoms with Crippen molar-refractivity contribution in [1.82, 2.24) is 39.7 Å². The maximum absolute atomic E-state index is 14.1. The second kappa shape index (κ2) is 9.82. The van der Waals surface area contributed by atoms with E-state index in [4.69, 9.17) is 4.98 Å². The van der Waals surface area contributed by atoms with Crippen molar-refractivity contribution in [3.8, 4) is 5.69 Å². The van der Waals surface area contributed by atoms with Crippen LogP contribution in [-0.4, -0.2) is 40.3 Å². The molecule has 6 aromatic rings. The molecule has 4 aromatic heterocycles. The van der Waals surface area contributed by atoms with Gasteiger partial charge in [0.1, 0.15) is 11.4 Å². The van der Waals surface area contributed by atoms with Gasteiger partial charge in [0.15, 0.2) is 5.65 Å². The fourth-order valence-electron chi connectivity index (χ4n) is 4.66. The smallest absolute Gasteiger partial charge is 0.266 e. The number of aromatic nitrogens is 7. The van der Waals surface area contributed by atoms with E-state index in [-0.39, 0.29) is 11.5 Å². The van der Waals surface area contributed by atoms with Crippen LogP contribution in [0.25, 0.3) is 34.4 Å². The van der Waals surface area contributed by atoms with Crippen molar-refractivity contribution in [1.29, 1.82) is 0 Å². The molecule has 10 heteroatoms. The molecular weight excluding hydrogens is 492 g/mol. The number of benzene rings is 2. The predicted octanol–water partition coefficient (Wildman–Crippen LogP) is 4.12. The number of fused-ring (bicyclic) bond motifs is 2. The van der Waals surface area contributed by atoms with Crippen LogP contribution < -0.4 is 10.9 Å². The SMILES string of the molecule is Cc1nn2cccnc2c1C(=O)N[C@H](C)c1nc2cccc(/C=C/c3ccn[nH]3)c2c(=O)n1-c1ccccc1. The molecule has 4 heterocycles. The monoisotopic (exact) mass is 516 g/mol. The molecule has 1 amide bonds. The Morgan fingerprint density at radius 1 is 1.03 bits per heavy atom. The molecule has 0 radical (unpaired) electrons. The molecule has 10 nitrogen and oxygen atoms in total. The summed E-state index contributed by atoms with van der Waals surface area (Å²) >= 11 is 0. The minimum absolute atomic E-state index is 0.235. The Balaban J connectivity index is 1.47. The van der Waals surface area contributed by atoms with Crippen LogP contribution in [0.4, 0.5) is 0 Å². The first-order chi connectivity index (χ1) is 19.0. The van der Waals surface area contributed by atoms with Crippen LogP contribution in [0.2, 0.25) is 0 Å². The van der Waals surface area contributed by atoms with Gasteiger partial charge < -0.3 is 5.32 Å². The van der Waals surface area contributed by atoms with Gasteiger partial charge in [-0.25, -0.2) is 14.5 Å². The van der Waals surface area contributed by atoms with E-state index in [0.717, 1.165) is 11.3 Å². The second-order valence-electron chi connectivity index (χ2n) is 9.08. The molecule has 0 saturated heterocycles. The van der Waals surface area contributed by atoms with Crippen molar-refractivity contribution in [2.75, 3.05) is 0 Å². The summed E-state index contributed by atoms with van der Waals surface area (Å²) < 4.78 is 3.13. The molecule has 192 valence electrons. The van der Waals surface area contributed by atoms with E-state index in [9.17, 15) is 9.59 Å². The number of H-pyrrole nitrogens is 1. The third-order valence-electron chi connectivity index (χ3n) is 6.47. The summed E-state index contributed by atoms with van der Waals surface area (Å²) in [5.41, 5.74) is 3.87. The average molecular weight is 517 g/mol. The Hall–Kier alpha value is -5.38. The molecule has 0 aliphatic rings. The van der Waals surface area contributed by atoms with E-state index in [0.29, 0.717) is 39.3 Å². The maximum atomic E-state index is 14.1. The number of hydrogen-bond acceptors (Lipinski definition) is 6. The molecule has 0 saturated carbocycles. The van der Waals surface area contributed by atoms with Crippen LogP contribution in [0.15, 0.2) is 84.0 Å². The fraction of sp³-hybridized carbons (Fsp3) is 0.103. The van der Waals surface area contributed by atoms with Crippen molar-refractivity contribution >= 4 is 34.6 Å². The molecule has 0 fully saturated rings. The van der Waals surface area contributed by atoms with Gasteiger partial charge in [-0.05, 0) is 55.8 Å². The number of amides is 1. The lowest BCUT2D eigenvalue weighted by atomic mass is 10.1. The molecule has 0 bridgehead atoms. The molecule has 0 spiro atoms. The van der Waals surface area contributed by atoms with Crippen LogP contribution in [0, 0.1) is 6.92 Å². The molecule has 1 atom stereocenters. The lowest BCUT2D eigenvalue weighted by Gasteiger charge is -2.20. The molecular formula is C29H24N8O2. The summed E-state index contributed by atoms with van der Waals surface area (Å²) in [4.78, 5) is 36.8. The Kier molecular flexibility index (Phi) is 6.04. The minimum Gasteiger partial charge on any atom is -0.342 e. The van der Waals surface area contributed by atoms with E-state index < -0.39 is 6.04 Å². The van der Waals surface area contributed by atoms with Gasteiger partial charge in [-0.2, -0.15) is 10.2 Å². The Morgan fingerprint density at radius 2 is 1.87 bits per heavy atom. The number of nitrogens with one attached hydrogen (secondary N) is 2. The molecule has 0 unspecified atom stereocenters. The minimum atomic E-state index is -0.614. The molecule has 0 aliphatic heterocycles. The molecule has 2 N–H and O–H groups in total. The van der Waals surface area contributed by atoms with Crippen molar-refractivity contribution in [3.05, 3.63) is 118 Å². The third-order valence-corrected chi connectivity index (χ3v) is 6.47. The molecule has 6 rings (SSSR count). The third kappa shape index (κ3) is 4.37. The summed E-state index contributed by atoms with van der Waals surface area (Å²) in [6.07, 6.45) is 8.75.